The molecular formula is C16H22N4O. The van der Waals surface area contributed by atoms with E-state index in [4.69, 9.17) is 0 Å². The summed E-state index contributed by atoms with van der Waals surface area (Å²) < 4.78 is 0. The lowest BCUT2D eigenvalue weighted by atomic mass is 10.0. The second kappa shape index (κ2) is 8.68. The Bertz CT molecular complexity index is 562. The number of nitrogens with one attached hydrogen (secondary N) is 2. The highest BCUT2D eigenvalue weighted by molar-refractivity contribution is 5.97. The summed E-state index contributed by atoms with van der Waals surface area (Å²) in [6, 6.07) is 3.92. The Labute approximate surface area is 125 Å². The molecule has 0 aromatic heterocycles. The number of hydrogen-bond acceptors (Lipinski definition) is 4. The van der Waals surface area contributed by atoms with E-state index in [1.54, 1.807) is 18.5 Å². The molecule has 0 unspecified atom stereocenters. The van der Waals surface area contributed by atoms with Gasteiger partial charge in [-0.1, -0.05) is 0 Å². The van der Waals surface area contributed by atoms with Crippen LogP contribution in [0.25, 0.3) is 0 Å². The lowest BCUT2D eigenvalue weighted by Crippen LogP contribution is -2.27. The van der Waals surface area contributed by atoms with Crippen molar-refractivity contribution < 1.29 is 4.79 Å². The third-order valence-corrected chi connectivity index (χ3v) is 2.98. The zero-order valence-corrected chi connectivity index (χ0v) is 12.8. The maximum absolute atomic E-state index is 12.2. The normalized spacial score (nSPS) is 11.0. The van der Waals surface area contributed by atoms with Crippen molar-refractivity contribution >= 4 is 24.5 Å². The number of amides is 1. The highest BCUT2D eigenvalue weighted by atomic mass is 16.1. The van der Waals surface area contributed by atoms with Crippen molar-refractivity contribution in [1.29, 1.82) is 0 Å². The summed E-state index contributed by atoms with van der Waals surface area (Å²) in [7, 11) is 1.85. The van der Waals surface area contributed by atoms with Gasteiger partial charge < -0.3 is 10.6 Å². The molecule has 112 valence electrons. The molecule has 1 aromatic carbocycles. The van der Waals surface area contributed by atoms with Crippen molar-refractivity contribution in [2.24, 2.45) is 9.98 Å². The monoisotopic (exact) mass is 286 g/mol. The SMILES string of the molecule is C=N/C=C\C=N/CCNC(=O)c1cc(C)cc(NC)c1C. The van der Waals surface area contributed by atoms with Crippen LogP contribution in [0.1, 0.15) is 21.5 Å². The van der Waals surface area contributed by atoms with Crippen molar-refractivity contribution in [2.45, 2.75) is 13.8 Å². The van der Waals surface area contributed by atoms with Gasteiger partial charge in [0.05, 0.1) is 6.54 Å². The number of carbonyl (C=O) groups is 1. The number of hydrogen-bond donors (Lipinski definition) is 2. The van der Waals surface area contributed by atoms with Crippen LogP contribution < -0.4 is 10.6 Å². The minimum atomic E-state index is -0.0776. The van der Waals surface area contributed by atoms with Gasteiger partial charge in [-0.05, 0) is 49.9 Å². The van der Waals surface area contributed by atoms with E-state index in [1.807, 2.05) is 33.0 Å². The first-order chi connectivity index (χ1) is 10.1. The Kier molecular flexibility index (Phi) is 6.87. The van der Waals surface area contributed by atoms with E-state index < -0.39 is 0 Å². The molecule has 5 heteroatoms. The maximum atomic E-state index is 12.2. The lowest BCUT2D eigenvalue weighted by molar-refractivity contribution is 0.0954. The molecule has 0 saturated carbocycles. The molecule has 1 aromatic rings. The van der Waals surface area contributed by atoms with Crippen LogP contribution in [0, 0.1) is 13.8 Å². The topological polar surface area (TPSA) is 65.8 Å². The summed E-state index contributed by atoms with van der Waals surface area (Å²) in [6.45, 7) is 8.25. The largest absolute Gasteiger partial charge is 0.388 e. The standard InChI is InChI=1S/C16H22N4O/c1-12-10-14(13(2)15(11-12)18-4)16(21)20-9-8-19-7-5-6-17-3/h5-7,10-11,18H,3,8-9H2,1-2,4H3,(H,20,21)/b6-5-,19-7-. The first-order valence-electron chi connectivity index (χ1n) is 6.78. The van der Waals surface area contributed by atoms with Gasteiger partial charge in [0.25, 0.3) is 5.91 Å². The van der Waals surface area contributed by atoms with Crippen LogP contribution in [0.2, 0.25) is 0 Å². The third-order valence-electron chi connectivity index (χ3n) is 2.98. The summed E-state index contributed by atoms with van der Waals surface area (Å²) in [4.78, 5) is 19.9. The van der Waals surface area contributed by atoms with Gasteiger partial charge in [0.15, 0.2) is 0 Å². The lowest BCUT2D eigenvalue weighted by Gasteiger charge is -2.12. The van der Waals surface area contributed by atoms with Crippen LogP contribution in [0.3, 0.4) is 0 Å². The smallest absolute Gasteiger partial charge is 0.251 e. The molecule has 1 rings (SSSR count). The Morgan fingerprint density at radius 2 is 2.14 bits per heavy atom. The fraction of sp³-hybridized carbons (Fsp3) is 0.312. The number of anilines is 1. The molecule has 0 aliphatic carbocycles. The van der Waals surface area contributed by atoms with E-state index >= 15 is 0 Å². The predicted molar refractivity (Wildman–Crippen MR) is 89.8 cm³/mol. The van der Waals surface area contributed by atoms with E-state index in [1.165, 1.54) is 0 Å². The van der Waals surface area contributed by atoms with Crippen LogP contribution in [-0.2, 0) is 0 Å². The second-order valence-corrected chi connectivity index (χ2v) is 4.57. The van der Waals surface area contributed by atoms with Gasteiger partial charge in [-0.2, -0.15) is 0 Å². The predicted octanol–water partition coefficient (Wildman–Crippen LogP) is 2.36. The van der Waals surface area contributed by atoms with Crippen LogP contribution in [0.15, 0.2) is 34.4 Å². The molecule has 2 N–H and O–H groups in total. The zero-order chi connectivity index (χ0) is 15.7. The summed E-state index contributed by atoms with van der Waals surface area (Å²) in [5.41, 5.74) is 3.67. The van der Waals surface area contributed by atoms with Crippen LogP contribution >= 0.6 is 0 Å². The Balaban J connectivity index is 2.60. The van der Waals surface area contributed by atoms with E-state index in [-0.39, 0.29) is 5.91 Å². The summed E-state index contributed by atoms with van der Waals surface area (Å²) in [5.74, 6) is -0.0776. The molecule has 5 nitrogen and oxygen atoms in total. The fourth-order valence-corrected chi connectivity index (χ4v) is 1.92. The van der Waals surface area contributed by atoms with Crippen molar-refractivity contribution in [3.63, 3.8) is 0 Å². The van der Waals surface area contributed by atoms with Crippen molar-refractivity contribution in [2.75, 3.05) is 25.5 Å². The van der Waals surface area contributed by atoms with E-state index in [2.05, 4.69) is 27.3 Å². The molecule has 0 aliphatic rings. The van der Waals surface area contributed by atoms with Gasteiger partial charge >= 0.3 is 0 Å². The molecule has 0 atom stereocenters. The van der Waals surface area contributed by atoms with Crippen molar-refractivity contribution in [3.8, 4) is 0 Å². The first-order valence-corrected chi connectivity index (χ1v) is 6.78. The highest BCUT2D eigenvalue weighted by Gasteiger charge is 2.11. The van der Waals surface area contributed by atoms with Gasteiger partial charge in [-0.25, -0.2) is 0 Å². The number of allylic oxidation sites excluding steroid dienone is 1. The Hall–Kier alpha value is -2.43. The Morgan fingerprint density at radius 3 is 2.81 bits per heavy atom. The number of benzene rings is 1. The van der Waals surface area contributed by atoms with Crippen LogP contribution in [0.4, 0.5) is 5.69 Å². The number of nitrogens with zero attached hydrogens (tertiary/aromatic N) is 2. The minimum Gasteiger partial charge on any atom is -0.388 e. The fourth-order valence-electron chi connectivity index (χ4n) is 1.92. The van der Waals surface area contributed by atoms with Crippen molar-refractivity contribution in [3.05, 3.63) is 41.1 Å². The first kappa shape index (κ1) is 16.6. The number of carbonyl (C=O) groups excluding carboxylic acids is 1. The molecule has 1 amide bonds. The summed E-state index contributed by atoms with van der Waals surface area (Å²) in [6.07, 6.45) is 4.88. The molecular weight excluding hydrogens is 264 g/mol. The van der Waals surface area contributed by atoms with Crippen LogP contribution in [0.5, 0.6) is 0 Å². The maximum Gasteiger partial charge on any atom is 0.251 e. The summed E-state index contributed by atoms with van der Waals surface area (Å²) >= 11 is 0. The van der Waals surface area contributed by atoms with Gasteiger partial charge in [0, 0.05) is 37.3 Å². The third kappa shape index (κ3) is 5.22. The minimum absolute atomic E-state index is 0.0776. The average Bonchev–Trinajstić information content (AvgIpc) is 2.48. The van der Waals surface area contributed by atoms with Gasteiger partial charge in [0.1, 0.15) is 0 Å². The Morgan fingerprint density at radius 1 is 1.38 bits per heavy atom. The number of aliphatic imine (C=N–C) groups is 2. The van der Waals surface area contributed by atoms with Gasteiger partial charge in [-0.3, -0.25) is 14.8 Å². The summed E-state index contributed by atoms with van der Waals surface area (Å²) in [5, 5.41) is 5.97. The molecule has 0 aliphatic heterocycles. The highest BCUT2D eigenvalue weighted by Crippen LogP contribution is 2.21. The molecule has 0 bridgehead atoms. The van der Waals surface area contributed by atoms with Gasteiger partial charge in [-0.15, -0.1) is 0 Å². The number of aryl methyl sites for hydroxylation is 1. The van der Waals surface area contributed by atoms with Gasteiger partial charge in [0.2, 0.25) is 0 Å². The van der Waals surface area contributed by atoms with E-state index in [0.29, 0.717) is 18.7 Å². The average molecular weight is 286 g/mol. The quantitative estimate of drug-likeness (QED) is 0.597. The van der Waals surface area contributed by atoms with E-state index in [0.717, 1.165) is 16.8 Å². The van der Waals surface area contributed by atoms with Crippen LogP contribution in [-0.4, -0.2) is 39.0 Å². The van der Waals surface area contributed by atoms with Crippen molar-refractivity contribution in [1.82, 2.24) is 5.32 Å². The molecule has 0 radical (unpaired) electrons. The number of rotatable bonds is 7. The zero-order valence-electron chi connectivity index (χ0n) is 12.8. The van der Waals surface area contributed by atoms with E-state index in [9.17, 15) is 4.79 Å². The molecule has 0 fully saturated rings. The molecule has 21 heavy (non-hydrogen) atoms. The molecule has 0 saturated heterocycles. The molecule has 0 heterocycles. The molecule has 0 spiro atoms. The second-order valence-electron chi connectivity index (χ2n) is 4.57.